The molecule has 0 amide bonds. The maximum Gasteiger partial charge on any atom is 0.162 e. The summed E-state index contributed by atoms with van der Waals surface area (Å²) in [7, 11) is 0. The molecule has 3 aromatic carbocycles. The Morgan fingerprint density at radius 1 is 0.833 bits per heavy atom. The molecule has 0 radical (unpaired) electrons. The number of halogens is 4. The Kier molecular flexibility index (Phi) is 5.94. The highest BCUT2D eigenvalue weighted by Gasteiger charge is 2.27. The van der Waals surface area contributed by atoms with Crippen LogP contribution in [0, 0.1) is 23.3 Å². The Balaban J connectivity index is 1.61. The lowest BCUT2D eigenvalue weighted by atomic mass is 9.78. The Labute approximate surface area is 174 Å². The zero-order valence-electron chi connectivity index (χ0n) is 17.0. The Morgan fingerprint density at radius 2 is 1.60 bits per heavy atom. The molecule has 0 nitrogen and oxygen atoms in total. The summed E-state index contributed by atoms with van der Waals surface area (Å²) in [6.07, 6.45) is 3.77. The van der Waals surface area contributed by atoms with E-state index in [1.54, 1.807) is 30.3 Å². The molecule has 4 rings (SSSR count). The molecule has 0 aromatic heterocycles. The van der Waals surface area contributed by atoms with Crippen LogP contribution in [0.1, 0.15) is 54.4 Å². The first-order valence-corrected chi connectivity index (χ1v) is 10.5. The molecule has 1 aliphatic carbocycles. The summed E-state index contributed by atoms with van der Waals surface area (Å²) in [4.78, 5) is 0. The van der Waals surface area contributed by atoms with Crippen LogP contribution in [0.2, 0.25) is 0 Å². The fraction of sp³-hybridized carbons (Fsp3) is 0.308. The molecule has 156 valence electrons. The van der Waals surface area contributed by atoms with E-state index in [0.717, 1.165) is 18.4 Å². The maximum atomic E-state index is 15.2. The Morgan fingerprint density at radius 3 is 2.33 bits per heavy atom. The second kappa shape index (κ2) is 8.63. The van der Waals surface area contributed by atoms with E-state index in [2.05, 4.69) is 0 Å². The molecule has 0 fully saturated rings. The van der Waals surface area contributed by atoms with Gasteiger partial charge in [0.15, 0.2) is 11.6 Å². The number of hydrogen-bond acceptors (Lipinski definition) is 0. The van der Waals surface area contributed by atoms with Crippen LogP contribution in [0.3, 0.4) is 0 Å². The molecule has 0 aliphatic heterocycles. The minimum Gasteiger partial charge on any atom is -0.207 e. The average Bonchev–Trinajstić information content (AvgIpc) is 2.76. The first kappa shape index (κ1) is 20.6. The highest BCUT2D eigenvalue weighted by atomic mass is 19.2. The zero-order chi connectivity index (χ0) is 21.3. The summed E-state index contributed by atoms with van der Waals surface area (Å²) in [6.45, 7) is 2.02. The molecular formula is C26H24F4. The number of unbranched alkanes of at least 4 members (excludes halogenated alkanes) is 1. The van der Waals surface area contributed by atoms with Gasteiger partial charge in [-0.3, -0.25) is 0 Å². The topological polar surface area (TPSA) is 0 Å². The number of aryl methyl sites for hydroxylation is 1. The van der Waals surface area contributed by atoms with Crippen molar-refractivity contribution in [3.63, 3.8) is 0 Å². The van der Waals surface area contributed by atoms with Crippen LogP contribution in [0.15, 0.2) is 48.5 Å². The van der Waals surface area contributed by atoms with E-state index < -0.39 is 11.6 Å². The van der Waals surface area contributed by atoms with Gasteiger partial charge >= 0.3 is 0 Å². The third-order valence-corrected chi connectivity index (χ3v) is 6.14. The second-order valence-electron chi connectivity index (χ2n) is 8.06. The molecule has 0 N–H and O–H groups in total. The van der Waals surface area contributed by atoms with Gasteiger partial charge in [0, 0.05) is 5.56 Å². The quantitative estimate of drug-likeness (QED) is 0.380. The number of hydrogen-bond donors (Lipinski definition) is 0. The van der Waals surface area contributed by atoms with E-state index >= 15 is 4.39 Å². The molecular weight excluding hydrogens is 388 g/mol. The summed E-state index contributed by atoms with van der Waals surface area (Å²) < 4.78 is 57.6. The lowest BCUT2D eigenvalue weighted by Gasteiger charge is -2.27. The third-order valence-electron chi connectivity index (χ3n) is 6.14. The van der Waals surface area contributed by atoms with Crippen molar-refractivity contribution >= 4 is 0 Å². The van der Waals surface area contributed by atoms with Gasteiger partial charge in [0.2, 0.25) is 0 Å². The lowest BCUT2D eigenvalue weighted by molar-refractivity contribution is 0.463. The van der Waals surface area contributed by atoms with Gasteiger partial charge in [-0.15, -0.1) is 0 Å². The van der Waals surface area contributed by atoms with Crippen LogP contribution in [0.25, 0.3) is 11.1 Å². The SMILES string of the molecule is CCCCc1ccc(C2CCc3c(ccc(-c4ccc(F)cc4)c3F)C2)c(F)c1F. The van der Waals surface area contributed by atoms with Gasteiger partial charge in [-0.1, -0.05) is 49.7 Å². The van der Waals surface area contributed by atoms with Crippen LogP contribution < -0.4 is 0 Å². The van der Waals surface area contributed by atoms with E-state index in [1.807, 2.05) is 13.0 Å². The van der Waals surface area contributed by atoms with Gasteiger partial charge in [-0.05, 0) is 78.0 Å². The summed E-state index contributed by atoms with van der Waals surface area (Å²) in [5.74, 6) is -2.36. The van der Waals surface area contributed by atoms with Crippen molar-refractivity contribution in [1.29, 1.82) is 0 Å². The van der Waals surface area contributed by atoms with Gasteiger partial charge < -0.3 is 0 Å². The van der Waals surface area contributed by atoms with Gasteiger partial charge in [0.1, 0.15) is 11.6 Å². The van der Waals surface area contributed by atoms with Gasteiger partial charge in [-0.2, -0.15) is 0 Å². The molecule has 1 aliphatic rings. The standard InChI is InChI=1S/C26H24F4/c1-2-3-4-17-7-12-23(26(30)24(17)28)19-9-14-22-18(15-19)8-13-21(25(22)29)16-5-10-20(27)11-6-16/h5-8,10-13,19H,2-4,9,14-15H2,1H3. The van der Waals surface area contributed by atoms with Crippen molar-refractivity contribution in [2.45, 2.75) is 51.4 Å². The van der Waals surface area contributed by atoms with Gasteiger partial charge in [0.25, 0.3) is 0 Å². The van der Waals surface area contributed by atoms with Gasteiger partial charge in [-0.25, -0.2) is 17.6 Å². The fourth-order valence-electron chi connectivity index (χ4n) is 4.41. The van der Waals surface area contributed by atoms with Crippen molar-refractivity contribution in [2.24, 2.45) is 0 Å². The first-order chi connectivity index (χ1) is 14.5. The van der Waals surface area contributed by atoms with Crippen LogP contribution in [-0.4, -0.2) is 0 Å². The van der Waals surface area contributed by atoms with Crippen molar-refractivity contribution in [3.8, 4) is 11.1 Å². The predicted octanol–water partition coefficient (Wildman–Crippen LogP) is 7.53. The largest absolute Gasteiger partial charge is 0.207 e. The molecule has 0 saturated heterocycles. The third kappa shape index (κ3) is 3.88. The van der Waals surface area contributed by atoms with Crippen LogP contribution >= 0.6 is 0 Å². The molecule has 0 heterocycles. The molecule has 0 spiro atoms. The van der Waals surface area contributed by atoms with E-state index in [-0.39, 0.29) is 17.6 Å². The monoisotopic (exact) mass is 412 g/mol. The number of rotatable bonds is 5. The molecule has 30 heavy (non-hydrogen) atoms. The minimum absolute atomic E-state index is 0.178. The lowest BCUT2D eigenvalue weighted by Crippen LogP contribution is -2.16. The average molecular weight is 412 g/mol. The minimum atomic E-state index is -0.763. The maximum absolute atomic E-state index is 15.2. The molecule has 4 heteroatoms. The Bertz CT molecular complexity index is 1050. The van der Waals surface area contributed by atoms with E-state index in [1.165, 1.54) is 12.1 Å². The predicted molar refractivity (Wildman–Crippen MR) is 112 cm³/mol. The summed E-state index contributed by atoms with van der Waals surface area (Å²) in [5.41, 5.74) is 3.29. The summed E-state index contributed by atoms with van der Waals surface area (Å²) >= 11 is 0. The Hall–Kier alpha value is -2.62. The van der Waals surface area contributed by atoms with E-state index in [9.17, 15) is 13.2 Å². The highest BCUT2D eigenvalue weighted by Crippen LogP contribution is 2.38. The van der Waals surface area contributed by atoms with Crippen molar-refractivity contribution < 1.29 is 17.6 Å². The normalized spacial score (nSPS) is 15.8. The van der Waals surface area contributed by atoms with Crippen molar-refractivity contribution in [2.75, 3.05) is 0 Å². The number of fused-ring (bicyclic) bond motifs is 1. The fourth-order valence-corrected chi connectivity index (χ4v) is 4.41. The van der Waals surface area contributed by atoms with Crippen LogP contribution in [-0.2, 0) is 19.3 Å². The molecule has 0 bridgehead atoms. The van der Waals surface area contributed by atoms with Crippen molar-refractivity contribution in [3.05, 3.63) is 94.1 Å². The van der Waals surface area contributed by atoms with E-state index in [4.69, 9.17) is 0 Å². The number of benzene rings is 3. The summed E-state index contributed by atoms with van der Waals surface area (Å²) in [6, 6.07) is 12.7. The van der Waals surface area contributed by atoms with E-state index in [0.29, 0.717) is 53.5 Å². The zero-order valence-corrected chi connectivity index (χ0v) is 17.0. The first-order valence-electron chi connectivity index (χ1n) is 10.5. The van der Waals surface area contributed by atoms with Crippen LogP contribution in [0.5, 0.6) is 0 Å². The molecule has 0 saturated carbocycles. The molecule has 1 atom stereocenters. The summed E-state index contributed by atoms with van der Waals surface area (Å²) in [5, 5.41) is 0. The smallest absolute Gasteiger partial charge is 0.162 e. The van der Waals surface area contributed by atoms with Crippen LogP contribution in [0.4, 0.5) is 17.6 Å². The van der Waals surface area contributed by atoms with Crippen molar-refractivity contribution in [1.82, 2.24) is 0 Å². The highest BCUT2D eigenvalue weighted by molar-refractivity contribution is 5.66. The molecule has 3 aromatic rings. The molecule has 1 unspecified atom stereocenters. The van der Waals surface area contributed by atoms with Gasteiger partial charge in [0.05, 0.1) is 0 Å². The second-order valence-corrected chi connectivity index (χ2v) is 8.06.